The minimum atomic E-state index is -0.738. The van der Waals surface area contributed by atoms with Gasteiger partial charge in [0.1, 0.15) is 11.3 Å². The zero-order valence-corrected chi connectivity index (χ0v) is 20.2. The summed E-state index contributed by atoms with van der Waals surface area (Å²) in [6.45, 7) is 8.08. The summed E-state index contributed by atoms with van der Waals surface area (Å²) in [5.74, 6) is 1.22. The molecule has 4 rings (SSSR count). The van der Waals surface area contributed by atoms with Crippen LogP contribution in [0.5, 0.6) is 5.75 Å². The third-order valence-corrected chi connectivity index (χ3v) is 7.35. The number of imide groups is 1. The van der Waals surface area contributed by atoms with E-state index in [-0.39, 0.29) is 24.0 Å². The van der Waals surface area contributed by atoms with Gasteiger partial charge in [-0.15, -0.1) is 0 Å². The Morgan fingerprint density at radius 1 is 1.12 bits per heavy atom. The zero-order chi connectivity index (χ0) is 23.6. The van der Waals surface area contributed by atoms with Crippen molar-refractivity contribution in [2.75, 3.05) is 53.6 Å². The number of rotatable bonds is 8. The zero-order valence-electron chi connectivity index (χ0n) is 20.2. The van der Waals surface area contributed by atoms with Crippen LogP contribution in [0, 0.1) is 5.92 Å². The molecular weight excluding hydrogens is 422 g/mol. The van der Waals surface area contributed by atoms with Gasteiger partial charge in [0.05, 0.1) is 19.8 Å². The molecule has 1 aromatic carbocycles. The number of benzene rings is 1. The molecule has 9 heteroatoms. The van der Waals surface area contributed by atoms with E-state index in [1.807, 2.05) is 26.0 Å². The lowest BCUT2D eigenvalue weighted by Gasteiger charge is -2.43. The van der Waals surface area contributed by atoms with Crippen LogP contribution in [0.25, 0.3) is 0 Å². The molecule has 3 saturated heterocycles. The Bertz CT molecular complexity index is 838. The lowest BCUT2D eigenvalue weighted by molar-refractivity contribution is -0.136. The van der Waals surface area contributed by atoms with Gasteiger partial charge in [-0.1, -0.05) is 12.1 Å². The number of nitrogens with zero attached hydrogens (tertiary/aromatic N) is 3. The van der Waals surface area contributed by atoms with Gasteiger partial charge < -0.3 is 19.3 Å². The molecule has 0 bridgehead atoms. The minimum Gasteiger partial charge on any atom is -0.497 e. The molecule has 182 valence electrons. The quantitative estimate of drug-likeness (QED) is 0.571. The van der Waals surface area contributed by atoms with Crippen LogP contribution >= 0.6 is 0 Å². The van der Waals surface area contributed by atoms with E-state index in [2.05, 4.69) is 27.9 Å². The minimum absolute atomic E-state index is 0.0430. The van der Waals surface area contributed by atoms with Crippen LogP contribution in [0.1, 0.15) is 38.3 Å². The summed E-state index contributed by atoms with van der Waals surface area (Å²) in [5.41, 5.74) is 7.22. The fourth-order valence-electron chi connectivity index (χ4n) is 5.48. The number of hydrogen-bond acceptors (Lipinski definition) is 7. The van der Waals surface area contributed by atoms with Crippen molar-refractivity contribution < 1.29 is 19.1 Å². The van der Waals surface area contributed by atoms with Crippen LogP contribution in [-0.2, 0) is 9.53 Å². The van der Waals surface area contributed by atoms with Crippen molar-refractivity contribution in [1.29, 1.82) is 0 Å². The molecule has 2 N–H and O–H groups in total. The standard InChI is InChI=1S/C24H37N5O4/c1-17(2)29-22(30)24(28(23(29)31)13-14-32-3)9-11-27(12-10-24)16-19-15-25-26-21(19)18-5-7-20(33-4)8-6-18/h5-8,17,19,21,25-26H,9-16H2,1-4H3. The number of amides is 3. The molecule has 3 heterocycles. The van der Waals surface area contributed by atoms with Crippen molar-refractivity contribution in [2.45, 2.75) is 44.3 Å². The maximum Gasteiger partial charge on any atom is 0.327 e. The highest BCUT2D eigenvalue weighted by Gasteiger charge is 2.58. The summed E-state index contributed by atoms with van der Waals surface area (Å²) in [5, 5.41) is 0. The number of methoxy groups -OCH3 is 2. The molecule has 33 heavy (non-hydrogen) atoms. The van der Waals surface area contributed by atoms with E-state index in [0.717, 1.165) is 31.9 Å². The molecule has 1 spiro atoms. The Balaban J connectivity index is 1.42. The number of carbonyl (C=O) groups excluding carboxylic acids is 2. The van der Waals surface area contributed by atoms with Gasteiger partial charge in [0.15, 0.2) is 0 Å². The Morgan fingerprint density at radius 3 is 2.42 bits per heavy atom. The average Bonchev–Trinajstić information content (AvgIpc) is 3.35. The van der Waals surface area contributed by atoms with Crippen LogP contribution in [0.4, 0.5) is 4.79 Å². The highest BCUT2D eigenvalue weighted by atomic mass is 16.5. The summed E-state index contributed by atoms with van der Waals surface area (Å²) < 4.78 is 10.5. The van der Waals surface area contributed by atoms with E-state index in [4.69, 9.17) is 9.47 Å². The second-order valence-corrected chi connectivity index (χ2v) is 9.56. The van der Waals surface area contributed by atoms with Crippen molar-refractivity contribution in [1.82, 2.24) is 25.6 Å². The topological polar surface area (TPSA) is 86.4 Å². The van der Waals surface area contributed by atoms with E-state index in [1.54, 1.807) is 19.1 Å². The van der Waals surface area contributed by atoms with Crippen LogP contribution in [-0.4, -0.2) is 91.8 Å². The van der Waals surface area contributed by atoms with Crippen LogP contribution in [0.2, 0.25) is 0 Å². The average molecular weight is 460 g/mol. The smallest absolute Gasteiger partial charge is 0.327 e. The highest BCUT2D eigenvalue weighted by molar-refractivity contribution is 6.07. The first kappa shape index (κ1) is 23.9. The Kier molecular flexibility index (Phi) is 7.23. The lowest BCUT2D eigenvalue weighted by atomic mass is 9.84. The summed E-state index contributed by atoms with van der Waals surface area (Å²) >= 11 is 0. The van der Waals surface area contributed by atoms with Crippen LogP contribution < -0.4 is 15.6 Å². The largest absolute Gasteiger partial charge is 0.497 e. The van der Waals surface area contributed by atoms with Crippen LogP contribution in [0.15, 0.2) is 24.3 Å². The van der Waals surface area contributed by atoms with Crippen molar-refractivity contribution in [3.8, 4) is 5.75 Å². The monoisotopic (exact) mass is 459 g/mol. The molecule has 3 aliphatic rings. The number of carbonyl (C=O) groups is 2. The molecule has 0 radical (unpaired) electrons. The number of hydrazine groups is 1. The molecule has 2 unspecified atom stereocenters. The number of hydrogen-bond donors (Lipinski definition) is 2. The number of urea groups is 1. The predicted molar refractivity (Wildman–Crippen MR) is 125 cm³/mol. The Morgan fingerprint density at radius 2 is 1.82 bits per heavy atom. The maximum atomic E-state index is 13.4. The number of nitrogens with one attached hydrogen (secondary N) is 2. The van der Waals surface area contributed by atoms with E-state index in [1.165, 1.54) is 10.5 Å². The first-order chi connectivity index (χ1) is 15.9. The number of likely N-dealkylation sites (tertiary alicyclic amines) is 1. The van der Waals surface area contributed by atoms with Gasteiger partial charge in [-0.3, -0.25) is 15.1 Å². The second-order valence-electron chi connectivity index (χ2n) is 9.56. The van der Waals surface area contributed by atoms with Gasteiger partial charge in [0, 0.05) is 51.8 Å². The first-order valence-corrected chi connectivity index (χ1v) is 11.9. The molecule has 3 aliphatic heterocycles. The van der Waals surface area contributed by atoms with E-state index >= 15 is 0 Å². The van der Waals surface area contributed by atoms with Gasteiger partial charge in [-0.2, -0.15) is 0 Å². The maximum absolute atomic E-state index is 13.4. The number of ether oxygens (including phenoxy) is 2. The molecule has 9 nitrogen and oxygen atoms in total. The molecule has 3 amide bonds. The summed E-state index contributed by atoms with van der Waals surface area (Å²) in [6.07, 6.45) is 1.32. The Hall–Kier alpha value is -2.20. The lowest BCUT2D eigenvalue weighted by Crippen LogP contribution is -2.57. The van der Waals surface area contributed by atoms with Gasteiger partial charge in [0.2, 0.25) is 0 Å². The third-order valence-electron chi connectivity index (χ3n) is 7.35. The second kappa shape index (κ2) is 9.97. The molecule has 2 atom stereocenters. The molecule has 0 saturated carbocycles. The van der Waals surface area contributed by atoms with Gasteiger partial charge in [0.25, 0.3) is 5.91 Å². The van der Waals surface area contributed by atoms with E-state index in [0.29, 0.717) is 31.9 Å². The number of piperidine rings is 1. The predicted octanol–water partition coefficient (Wildman–Crippen LogP) is 1.61. The highest BCUT2D eigenvalue weighted by Crippen LogP contribution is 2.38. The van der Waals surface area contributed by atoms with Gasteiger partial charge in [-0.05, 0) is 44.4 Å². The van der Waals surface area contributed by atoms with E-state index in [9.17, 15) is 9.59 Å². The molecule has 0 aliphatic carbocycles. The van der Waals surface area contributed by atoms with Crippen molar-refractivity contribution >= 4 is 11.9 Å². The Labute approximate surface area is 196 Å². The molecule has 3 fully saturated rings. The summed E-state index contributed by atoms with van der Waals surface area (Å²) in [7, 11) is 3.30. The van der Waals surface area contributed by atoms with Gasteiger partial charge in [-0.25, -0.2) is 10.2 Å². The van der Waals surface area contributed by atoms with Crippen molar-refractivity contribution in [3.05, 3.63) is 29.8 Å². The van der Waals surface area contributed by atoms with Gasteiger partial charge >= 0.3 is 6.03 Å². The molecule has 1 aromatic rings. The van der Waals surface area contributed by atoms with Crippen molar-refractivity contribution in [2.24, 2.45) is 5.92 Å². The molecular formula is C24H37N5O4. The normalized spacial score (nSPS) is 25.6. The molecule has 0 aromatic heterocycles. The van der Waals surface area contributed by atoms with Crippen LogP contribution in [0.3, 0.4) is 0 Å². The summed E-state index contributed by atoms with van der Waals surface area (Å²) in [4.78, 5) is 32.2. The van der Waals surface area contributed by atoms with Crippen molar-refractivity contribution in [3.63, 3.8) is 0 Å². The fraction of sp³-hybridized carbons (Fsp3) is 0.667. The van der Waals surface area contributed by atoms with E-state index < -0.39 is 5.54 Å². The third kappa shape index (κ3) is 4.47. The summed E-state index contributed by atoms with van der Waals surface area (Å²) in [6, 6.07) is 8.11. The SMILES string of the molecule is COCCN1C(=O)N(C(C)C)C(=O)C12CCN(CC1CNNC1c1ccc(OC)cc1)CC2. The fourth-order valence-corrected chi connectivity index (χ4v) is 5.48. The first-order valence-electron chi connectivity index (χ1n) is 11.9.